The monoisotopic (exact) mass is 417 g/mol. The Bertz CT molecular complexity index is 919. The molecule has 3 rings (SSSR count). The first-order valence-corrected chi connectivity index (χ1v) is 10.8. The lowest BCUT2D eigenvalue weighted by molar-refractivity contribution is -0.857. The molecule has 1 fully saturated rings. The lowest BCUT2D eigenvalue weighted by Crippen LogP contribution is -3.06. The Morgan fingerprint density at radius 3 is 2.83 bits per heavy atom. The van der Waals surface area contributed by atoms with Gasteiger partial charge < -0.3 is 24.8 Å². The highest BCUT2D eigenvalue weighted by Gasteiger charge is 2.19. The number of H-pyrrole nitrogens is 1. The fourth-order valence-electron chi connectivity index (χ4n) is 3.77. The molecule has 2 heterocycles. The number of pyridine rings is 1. The Labute approximate surface area is 178 Å². The van der Waals surface area contributed by atoms with Gasteiger partial charge in [-0.25, -0.2) is 0 Å². The van der Waals surface area contributed by atoms with Gasteiger partial charge in [0, 0.05) is 29.6 Å². The first-order chi connectivity index (χ1) is 13.8. The lowest BCUT2D eigenvalue weighted by atomic mass is 10.0. The molecular weight excluding hydrogens is 384 g/mol. The fourth-order valence-corrected chi connectivity index (χ4v) is 4.01. The second-order valence-electron chi connectivity index (χ2n) is 8.37. The molecule has 6 nitrogen and oxygen atoms in total. The summed E-state index contributed by atoms with van der Waals surface area (Å²) in [5.74, 6) is 0. The van der Waals surface area contributed by atoms with E-state index >= 15 is 0 Å². The van der Waals surface area contributed by atoms with E-state index in [0.29, 0.717) is 11.7 Å². The number of hydrogen-bond donors (Lipinski definition) is 3. The van der Waals surface area contributed by atoms with Gasteiger partial charge in [-0.2, -0.15) is 0 Å². The highest BCUT2D eigenvalue weighted by molar-refractivity contribution is 7.80. The number of rotatable bonds is 7. The summed E-state index contributed by atoms with van der Waals surface area (Å²) in [5, 5.41) is 5.12. The van der Waals surface area contributed by atoms with E-state index in [2.05, 4.69) is 42.3 Å². The van der Waals surface area contributed by atoms with Crippen LogP contribution in [0.2, 0.25) is 0 Å². The van der Waals surface area contributed by atoms with Crippen molar-refractivity contribution in [2.24, 2.45) is 0 Å². The summed E-state index contributed by atoms with van der Waals surface area (Å²) in [5.41, 5.74) is 3.89. The number of aryl methyl sites for hydroxylation is 2. The van der Waals surface area contributed by atoms with Gasteiger partial charge in [-0.1, -0.05) is 6.07 Å². The number of quaternary nitrogens is 1. The van der Waals surface area contributed by atoms with Gasteiger partial charge in [0.1, 0.15) is 0 Å². The van der Waals surface area contributed by atoms with Gasteiger partial charge in [-0.05, 0) is 62.2 Å². The van der Waals surface area contributed by atoms with E-state index in [1.54, 1.807) is 0 Å². The summed E-state index contributed by atoms with van der Waals surface area (Å²) in [6.07, 6.45) is 2.41. The Morgan fingerprint density at radius 1 is 1.34 bits per heavy atom. The van der Waals surface area contributed by atoms with Gasteiger partial charge in [0.05, 0.1) is 39.8 Å². The summed E-state index contributed by atoms with van der Waals surface area (Å²) in [4.78, 5) is 19.2. The van der Waals surface area contributed by atoms with Crippen LogP contribution in [-0.2, 0) is 11.3 Å². The summed E-state index contributed by atoms with van der Waals surface area (Å²) in [7, 11) is 4.24. The molecule has 1 aliphatic rings. The number of aromatic nitrogens is 1. The van der Waals surface area contributed by atoms with Crippen molar-refractivity contribution in [3.8, 4) is 0 Å². The molecule has 0 unspecified atom stereocenters. The van der Waals surface area contributed by atoms with Crippen LogP contribution >= 0.6 is 12.2 Å². The maximum absolute atomic E-state index is 12.7. The van der Waals surface area contributed by atoms with Crippen molar-refractivity contribution in [3.63, 3.8) is 0 Å². The maximum atomic E-state index is 12.7. The smallest absolute Gasteiger partial charge is 0.253 e. The maximum Gasteiger partial charge on any atom is 0.253 e. The summed E-state index contributed by atoms with van der Waals surface area (Å²) in [6, 6.07) is 6.18. The van der Waals surface area contributed by atoms with Crippen LogP contribution in [0.15, 0.2) is 23.0 Å². The fraction of sp³-hybridized carbons (Fsp3) is 0.545. The molecule has 0 bridgehead atoms. The molecule has 0 saturated carbocycles. The molecule has 1 aliphatic heterocycles. The van der Waals surface area contributed by atoms with Crippen LogP contribution in [0.1, 0.15) is 29.5 Å². The zero-order valence-electron chi connectivity index (χ0n) is 17.9. The third-order valence-electron chi connectivity index (χ3n) is 5.42. The van der Waals surface area contributed by atoms with Crippen LogP contribution in [0, 0.1) is 13.8 Å². The number of fused-ring (bicyclic) bond motifs is 1. The van der Waals surface area contributed by atoms with Crippen molar-refractivity contribution in [2.75, 3.05) is 40.3 Å². The molecule has 0 radical (unpaired) electrons. The number of nitrogens with zero attached hydrogens (tertiary/aromatic N) is 1. The van der Waals surface area contributed by atoms with E-state index in [1.807, 2.05) is 19.1 Å². The van der Waals surface area contributed by atoms with Crippen molar-refractivity contribution in [1.29, 1.82) is 0 Å². The van der Waals surface area contributed by atoms with Crippen molar-refractivity contribution in [1.82, 2.24) is 15.2 Å². The number of likely N-dealkylation sites (N-methyl/N-ethyl adjacent to an activating group) is 1. The highest BCUT2D eigenvalue weighted by Crippen LogP contribution is 2.19. The van der Waals surface area contributed by atoms with Crippen LogP contribution in [-0.4, -0.2) is 61.4 Å². The predicted octanol–water partition coefficient (Wildman–Crippen LogP) is 1.14. The summed E-state index contributed by atoms with van der Waals surface area (Å²) >= 11 is 5.68. The minimum absolute atomic E-state index is 0.0494. The Morgan fingerprint density at radius 2 is 2.14 bits per heavy atom. The van der Waals surface area contributed by atoms with Crippen LogP contribution in [0.25, 0.3) is 10.9 Å². The van der Waals surface area contributed by atoms with Gasteiger partial charge in [-0.3, -0.25) is 4.79 Å². The van der Waals surface area contributed by atoms with Gasteiger partial charge in [0.15, 0.2) is 5.11 Å². The normalized spacial score (nSPS) is 16.5. The van der Waals surface area contributed by atoms with Crippen molar-refractivity contribution >= 4 is 28.2 Å². The molecular formula is C22H33N4O2S+. The first kappa shape index (κ1) is 21.7. The second-order valence-corrected chi connectivity index (χ2v) is 8.75. The molecule has 3 N–H and O–H groups in total. The average Bonchev–Trinajstić information content (AvgIpc) is 3.17. The van der Waals surface area contributed by atoms with E-state index in [9.17, 15) is 4.79 Å². The number of nitrogens with one attached hydrogen (secondary N) is 3. The van der Waals surface area contributed by atoms with Gasteiger partial charge in [0.25, 0.3) is 5.56 Å². The molecule has 1 aromatic carbocycles. The Hall–Kier alpha value is -1.96. The van der Waals surface area contributed by atoms with Crippen molar-refractivity contribution in [3.05, 3.63) is 45.2 Å². The quantitative estimate of drug-likeness (QED) is 0.590. The lowest BCUT2D eigenvalue weighted by Gasteiger charge is -2.27. The number of thiocarbonyl (C=S) groups is 1. The van der Waals surface area contributed by atoms with Crippen LogP contribution in [0.5, 0.6) is 0 Å². The molecule has 7 heteroatoms. The minimum Gasteiger partial charge on any atom is -0.376 e. The molecule has 0 amide bonds. The highest BCUT2D eigenvalue weighted by atomic mass is 32.1. The van der Waals surface area contributed by atoms with Crippen molar-refractivity contribution in [2.45, 2.75) is 39.3 Å². The number of ether oxygens (including phenoxy) is 1. The van der Waals surface area contributed by atoms with Crippen molar-refractivity contribution < 1.29 is 9.64 Å². The molecule has 1 atom stereocenters. The largest absolute Gasteiger partial charge is 0.376 e. The number of hydrogen-bond acceptors (Lipinski definition) is 3. The van der Waals surface area contributed by atoms with E-state index < -0.39 is 0 Å². The summed E-state index contributed by atoms with van der Waals surface area (Å²) in [6.45, 7) is 7.88. The van der Waals surface area contributed by atoms with Crippen LogP contribution in [0.4, 0.5) is 0 Å². The Kier molecular flexibility index (Phi) is 7.27. The van der Waals surface area contributed by atoms with Gasteiger partial charge in [0.2, 0.25) is 0 Å². The predicted molar refractivity (Wildman–Crippen MR) is 122 cm³/mol. The molecule has 0 aliphatic carbocycles. The third kappa shape index (κ3) is 5.78. The van der Waals surface area contributed by atoms with Gasteiger partial charge >= 0.3 is 0 Å². The average molecular weight is 418 g/mol. The second kappa shape index (κ2) is 9.69. The molecule has 0 spiro atoms. The molecule has 1 aromatic heterocycles. The first-order valence-electron chi connectivity index (χ1n) is 10.4. The Balaban J connectivity index is 1.79. The zero-order chi connectivity index (χ0) is 21.0. The van der Waals surface area contributed by atoms with E-state index in [1.165, 1.54) is 10.5 Å². The molecule has 2 aromatic rings. The molecule has 158 valence electrons. The van der Waals surface area contributed by atoms with Gasteiger partial charge in [-0.15, -0.1) is 0 Å². The molecule has 29 heavy (non-hydrogen) atoms. The molecule has 1 saturated heterocycles. The minimum atomic E-state index is -0.0494. The van der Waals surface area contributed by atoms with Crippen LogP contribution < -0.4 is 15.8 Å². The standard InChI is InChI=1S/C22H32N4O2S/c1-15-10-16(2)19-12-17(21(27)24-20(19)11-15)14-26(8-7-25(3)4)22(29)23-13-18-6-5-9-28-18/h10-12,18H,5-9,13-14H2,1-4H3,(H,23,29)(H,24,27)/p+1/t18-/m1/s1. The number of aromatic amines is 1. The topological polar surface area (TPSA) is 61.8 Å². The summed E-state index contributed by atoms with van der Waals surface area (Å²) < 4.78 is 5.69. The SMILES string of the molecule is Cc1cc(C)c2cc(CN(CC[NH+](C)C)C(=S)NC[C@H]3CCCO3)c(=O)[nH]c2c1. The van der Waals surface area contributed by atoms with E-state index in [0.717, 1.165) is 61.1 Å². The van der Waals surface area contributed by atoms with E-state index in [4.69, 9.17) is 17.0 Å². The number of benzene rings is 1. The van der Waals surface area contributed by atoms with E-state index in [-0.39, 0.29) is 11.7 Å². The van der Waals surface area contributed by atoms with Crippen LogP contribution in [0.3, 0.4) is 0 Å². The third-order valence-corrected chi connectivity index (χ3v) is 5.83. The zero-order valence-corrected chi connectivity index (χ0v) is 18.7.